The predicted octanol–water partition coefficient (Wildman–Crippen LogP) is 1.54. The summed E-state index contributed by atoms with van der Waals surface area (Å²) in [7, 11) is 7.93. The molecule has 4 heteroatoms. The van der Waals surface area contributed by atoms with E-state index in [9.17, 15) is 0 Å². The molecule has 0 amide bonds. The van der Waals surface area contributed by atoms with Gasteiger partial charge in [-0.1, -0.05) is 18.2 Å². The Labute approximate surface area is 104 Å². The van der Waals surface area contributed by atoms with Crippen molar-refractivity contribution in [3.8, 4) is 5.75 Å². The van der Waals surface area contributed by atoms with E-state index in [1.165, 1.54) is 0 Å². The van der Waals surface area contributed by atoms with E-state index in [1.807, 2.05) is 68.3 Å². The van der Waals surface area contributed by atoms with Gasteiger partial charge in [0.15, 0.2) is 5.96 Å². The highest BCUT2D eigenvalue weighted by atomic mass is 16.5. The number of hydrogen-bond acceptors (Lipinski definition) is 2. The Morgan fingerprint density at radius 2 is 1.65 bits per heavy atom. The van der Waals surface area contributed by atoms with Gasteiger partial charge in [-0.25, -0.2) is 4.99 Å². The van der Waals surface area contributed by atoms with Gasteiger partial charge in [-0.2, -0.15) is 0 Å². The molecule has 17 heavy (non-hydrogen) atoms. The lowest BCUT2D eigenvalue weighted by molar-refractivity contribution is 0.326. The fourth-order valence-corrected chi connectivity index (χ4v) is 1.51. The van der Waals surface area contributed by atoms with Crippen molar-refractivity contribution in [1.29, 1.82) is 0 Å². The summed E-state index contributed by atoms with van der Waals surface area (Å²) >= 11 is 0. The summed E-state index contributed by atoms with van der Waals surface area (Å²) in [6.07, 6.45) is 0. The van der Waals surface area contributed by atoms with Crippen molar-refractivity contribution in [2.75, 3.05) is 41.3 Å². The van der Waals surface area contributed by atoms with Crippen LogP contribution in [0.2, 0.25) is 0 Å². The van der Waals surface area contributed by atoms with E-state index in [-0.39, 0.29) is 0 Å². The highest BCUT2D eigenvalue weighted by molar-refractivity contribution is 5.79. The molecule has 0 aromatic heterocycles. The van der Waals surface area contributed by atoms with Crippen LogP contribution in [0.3, 0.4) is 0 Å². The second-order valence-corrected chi connectivity index (χ2v) is 4.13. The number of benzene rings is 1. The predicted molar refractivity (Wildman–Crippen MR) is 71.6 cm³/mol. The number of aliphatic imine (C=N–C) groups is 1. The molecule has 0 aliphatic rings. The number of hydrogen-bond donors (Lipinski definition) is 0. The maximum atomic E-state index is 5.57. The first-order valence-corrected chi connectivity index (χ1v) is 5.68. The van der Waals surface area contributed by atoms with E-state index in [0.717, 1.165) is 11.7 Å². The van der Waals surface area contributed by atoms with Crippen LogP contribution in [0.4, 0.5) is 0 Å². The summed E-state index contributed by atoms with van der Waals surface area (Å²) in [5.41, 5.74) is 0. The van der Waals surface area contributed by atoms with Crippen LogP contribution in [0.1, 0.15) is 0 Å². The standard InChI is InChI=1S/C13H21N3O/c1-15(2)13(16(3)4)14-10-11-17-12-8-6-5-7-9-12/h5-9H,10-11H2,1-4H3. The molecule has 0 saturated carbocycles. The Morgan fingerprint density at radius 1 is 1.06 bits per heavy atom. The first-order valence-electron chi connectivity index (χ1n) is 5.68. The first kappa shape index (κ1) is 13.4. The van der Waals surface area contributed by atoms with Crippen molar-refractivity contribution in [2.24, 2.45) is 4.99 Å². The van der Waals surface area contributed by atoms with Crippen LogP contribution in [0.15, 0.2) is 35.3 Å². The molecule has 0 bridgehead atoms. The van der Waals surface area contributed by atoms with Gasteiger partial charge in [0.05, 0.1) is 6.54 Å². The van der Waals surface area contributed by atoms with Crippen LogP contribution in [0.25, 0.3) is 0 Å². The number of rotatable bonds is 4. The van der Waals surface area contributed by atoms with Gasteiger partial charge in [0.2, 0.25) is 0 Å². The average Bonchev–Trinajstić information content (AvgIpc) is 2.29. The van der Waals surface area contributed by atoms with E-state index in [0.29, 0.717) is 13.2 Å². The topological polar surface area (TPSA) is 28.1 Å². The van der Waals surface area contributed by atoms with Crippen LogP contribution in [0.5, 0.6) is 5.75 Å². The van der Waals surface area contributed by atoms with Crippen LogP contribution in [-0.2, 0) is 0 Å². The van der Waals surface area contributed by atoms with Crippen LogP contribution < -0.4 is 4.74 Å². The Morgan fingerprint density at radius 3 is 2.18 bits per heavy atom. The molecule has 1 aromatic carbocycles. The van der Waals surface area contributed by atoms with Gasteiger partial charge in [-0.15, -0.1) is 0 Å². The zero-order valence-electron chi connectivity index (χ0n) is 11.1. The Bertz CT molecular complexity index is 337. The summed E-state index contributed by atoms with van der Waals surface area (Å²) in [4.78, 5) is 8.46. The first-order chi connectivity index (χ1) is 8.11. The van der Waals surface area contributed by atoms with Crippen molar-refractivity contribution < 1.29 is 4.74 Å². The smallest absolute Gasteiger partial charge is 0.195 e. The molecule has 0 fully saturated rings. The zero-order valence-corrected chi connectivity index (χ0v) is 11.1. The Balaban J connectivity index is 2.38. The summed E-state index contributed by atoms with van der Waals surface area (Å²) in [6, 6.07) is 9.79. The van der Waals surface area contributed by atoms with E-state index >= 15 is 0 Å². The molecule has 94 valence electrons. The molecule has 0 N–H and O–H groups in total. The van der Waals surface area contributed by atoms with Crippen molar-refractivity contribution in [3.63, 3.8) is 0 Å². The summed E-state index contributed by atoms with van der Waals surface area (Å²) in [5.74, 6) is 1.83. The van der Waals surface area contributed by atoms with E-state index in [1.54, 1.807) is 0 Å². The maximum Gasteiger partial charge on any atom is 0.195 e. The number of nitrogens with zero attached hydrogens (tertiary/aromatic N) is 3. The molecule has 4 nitrogen and oxygen atoms in total. The van der Waals surface area contributed by atoms with Gasteiger partial charge in [0, 0.05) is 28.2 Å². The number of para-hydroxylation sites is 1. The number of guanidine groups is 1. The van der Waals surface area contributed by atoms with Gasteiger partial charge in [0.1, 0.15) is 12.4 Å². The van der Waals surface area contributed by atoms with Crippen molar-refractivity contribution >= 4 is 5.96 Å². The van der Waals surface area contributed by atoms with Crippen LogP contribution >= 0.6 is 0 Å². The third kappa shape index (κ3) is 4.76. The molecule has 0 heterocycles. The summed E-state index contributed by atoms with van der Waals surface area (Å²) in [6.45, 7) is 1.25. The average molecular weight is 235 g/mol. The molecule has 0 saturated heterocycles. The van der Waals surface area contributed by atoms with E-state index in [4.69, 9.17) is 4.74 Å². The molecule has 0 unspecified atom stereocenters. The quantitative estimate of drug-likeness (QED) is 0.450. The lowest BCUT2D eigenvalue weighted by atomic mass is 10.3. The molecular weight excluding hydrogens is 214 g/mol. The summed E-state index contributed by atoms with van der Waals surface area (Å²) < 4.78 is 5.57. The van der Waals surface area contributed by atoms with Gasteiger partial charge >= 0.3 is 0 Å². The van der Waals surface area contributed by atoms with Crippen LogP contribution in [-0.4, -0.2) is 57.1 Å². The fourth-order valence-electron chi connectivity index (χ4n) is 1.51. The Kier molecular flexibility index (Phi) is 5.33. The molecule has 0 radical (unpaired) electrons. The van der Waals surface area contributed by atoms with Gasteiger partial charge in [-0.05, 0) is 12.1 Å². The van der Waals surface area contributed by atoms with E-state index < -0.39 is 0 Å². The molecule has 0 spiro atoms. The normalized spacial score (nSPS) is 9.65. The zero-order chi connectivity index (χ0) is 12.7. The van der Waals surface area contributed by atoms with E-state index in [2.05, 4.69) is 4.99 Å². The summed E-state index contributed by atoms with van der Waals surface area (Å²) in [5, 5.41) is 0. The number of ether oxygens (including phenoxy) is 1. The van der Waals surface area contributed by atoms with Crippen molar-refractivity contribution in [1.82, 2.24) is 9.80 Å². The molecular formula is C13H21N3O. The second kappa shape index (κ2) is 6.78. The Hall–Kier alpha value is -1.71. The van der Waals surface area contributed by atoms with Gasteiger partial charge < -0.3 is 14.5 Å². The van der Waals surface area contributed by atoms with Crippen LogP contribution in [0, 0.1) is 0 Å². The highest BCUT2D eigenvalue weighted by Gasteiger charge is 2.02. The van der Waals surface area contributed by atoms with Gasteiger partial charge in [0.25, 0.3) is 0 Å². The minimum atomic E-state index is 0.592. The minimum absolute atomic E-state index is 0.592. The SMILES string of the molecule is CN(C)C(=NCCOc1ccccc1)N(C)C. The molecule has 1 rings (SSSR count). The third-order valence-corrected chi connectivity index (χ3v) is 2.16. The maximum absolute atomic E-state index is 5.57. The molecule has 0 aliphatic heterocycles. The monoisotopic (exact) mass is 235 g/mol. The largest absolute Gasteiger partial charge is 0.492 e. The minimum Gasteiger partial charge on any atom is -0.492 e. The lowest BCUT2D eigenvalue weighted by Crippen LogP contribution is -2.35. The second-order valence-electron chi connectivity index (χ2n) is 4.13. The molecule has 1 aromatic rings. The molecule has 0 aliphatic carbocycles. The lowest BCUT2D eigenvalue weighted by Gasteiger charge is -2.22. The van der Waals surface area contributed by atoms with Crippen molar-refractivity contribution in [2.45, 2.75) is 0 Å². The van der Waals surface area contributed by atoms with Crippen molar-refractivity contribution in [3.05, 3.63) is 30.3 Å². The third-order valence-electron chi connectivity index (χ3n) is 2.16. The fraction of sp³-hybridized carbons (Fsp3) is 0.462. The highest BCUT2D eigenvalue weighted by Crippen LogP contribution is 2.07. The van der Waals surface area contributed by atoms with Gasteiger partial charge in [-0.3, -0.25) is 0 Å². The molecule has 0 atom stereocenters.